The van der Waals surface area contributed by atoms with Crippen LogP contribution in [0.2, 0.25) is 0 Å². The summed E-state index contributed by atoms with van der Waals surface area (Å²) in [5.41, 5.74) is 3.77. The zero-order valence-electron chi connectivity index (χ0n) is 18.8. The van der Waals surface area contributed by atoms with Crippen LogP contribution in [0.3, 0.4) is 0 Å². The number of carbonyl (C=O) groups is 3. The lowest BCUT2D eigenvalue weighted by atomic mass is 10.0. The topological polar surface area (TPSA) is 100 Å². The van der Waals surface area contributed by atoms with Gasteiger partial charge in [0.2, 0.25) is 6.17 Å². The number of hydrogen-bond acceptors (Lipinski definition) is 5. The molecule has 0 spiro atoms. The third-order valence-corrected chi connectivity index (χ3v) is 5.31. The molecule has 0 bridgehead atoms. The van der Waals surface area contributed by atoms with Gasteiger partial charge >= 0.3 is 12.0 Å². The van der Waals surface area contributed by atoms with Crippen LogP contribution in [0.4, 0.5) is 16.2 Å². The lowest BCUT2D eigenvalue weighted by Crippen LogP contribution is -2.47. The molecule has 0 aromatic heterocycles. The first-order valence-corrected chi connectivity index (χ1v) is 10.8. The highest BCUT2D eigenvalue weighted by Gasteiger charge is 2.30. The number of para-hydroxylation sites is 1. The zero-order chi connectivity index (χ0) is 24.1. The van der Waals surface area contributed by atoms with E-state index in [9.17, 15) is 14.4 Å². The molecule has 0 radical (unpaired) electrons. The fraction of sp³-hybridized carbons (Fsp3) is 0.154. The van der Waals surface area contributed by atoms with Gasteiger partial charge in [-0.2, -0.15) is 0 Å². The molecule has 3 aromatic rings. The maximum absolute atomic E-state index is 13.2. The summed E-state index contributed by atoms with van der Waals surface area (Å²) >= 11 is 0. The van der Waals surface area contributed by atoms with Crippen molar-refractivity contribution < 1.29 is 19.1 Å². The second-order valence-corrected chi connectivity index (χ2v) is 7.56. The van der Waals surface area contributed by atoms with Crippen molar-refractivity contribution in [3.8, 4) is 0 Å². The van der Waals surface area contributed by atoms with Crippen LogP contribution in [0.15, 0.2) is 83.9 Å². The summed E-state index contributed by atoms with van der Waals surface area (Å²) in [6, 6.07) is 22.7. The minimum atomic E-state index is -1.13. The Balaban J connectivity index is 1.58. The van der Waals surface area contributed by atoms with Crippen molar-refractivity contribution in [3.63, 3.8) is 0 Å². The maximum atomic E-state index is 13.2. The highest BCUT2D eigenvalue weighted by Crippen LogP contribution is 2.27. The lowest BCUT2D eigenvalue weighted by Gasteiger charge is -2.21. The van der Waals surface area contributed by atoms with Gasteiger partial charge < -0.3 is 20.3 Å². The van der Waals surface area contributed by atoms with Crippen LogP contribution >= 0.6 is 0 Å². The van der Waals surface area contributed by atoms with Crippen molar-refractivity contribution in [2.75, 3.05) is 23.9 Å². The first-order valence-electron chi connectivity index (χ1n) is 10.8. The number of fused-ring (bicyclic) bond motifs is 1. The zero-order valence-corrected chi connectivity index (χ0v) is 18.8. The number of urea groups is 1. The summed E-state index contributed by atoms with van der Waals surface area (Å²) in [5, 5.41) is 5.34. The number of benzodiazepines with no additional fused rings is 1. The van der Waals surface area contributed by atoms with Crippen LogP contribution in [-0.4, -0.2) is 43.4 Å². The summed E-state index contributed by atoms with van der Waals surface area (Å²) in [5.74, 6) is -0.806. The molecule has 8 nitrogen and oxygen atoms in total. The van der Waals surface area contributed by atoms with E-state index in [-0.39, 0.29) is 12.5 Å². The Morgan fingerprint density at radius 1 is 0.971 bits per heavy atom. The van der Waals surface area contributed by atoms with E-state index in [0.29, 0.717) is 22.6 Å². The number of hydrogen-bond donors (Lipinski definition) is 2. The lowest BCUT2D eigenvalue weighted by molar-refractivity contribution is -0.119. The van der Waals surface area contributed by atoms with Crippen LogP contribution in [0.25, 0.3) is 0 Å². The van der Waals surface area contributed by atoms with Crippen LogP contribution < -0.4 is 15.5 Å². The van der Waals surface area contributed by atoms with Gasteiger partial charge in [0.1, 0.15) is 0 Å². The average molecular weight is 457 g/mol. The molecule has 0 saturated carbocycles. The van der Waals surface area contributed by atoms with Gasteiger partial charge in [-0.1, -0.05) is 48.5 Å². The van der Waals surface area contributed by atoms with Crippen LogP contribution in [-0.2, 0) is 9.53 Å². The minimum absolute atomic E-state index is 0.278. The Hall–Kier alpha value is -4.46. The van der Waals surface area contributed by atoms with Gasteiger partial charge in [-0.15, -0.1) is 0 Å². The summed E-state index contributed by atoms with van der Waals surface area (Å²) < 4.78 is 4.96. The fourth-order valence-corrected chi connectivity index (χ4v) is 3.64. The molecule has 1 unspecified atom stereocenters. The Labute approximate surface area is 197 Å². The van der Waals surface area contributed by atoms with E-state index in [1.165, 1.54) is 4.90 Å². The largest absolute Gasteiger partial charge is 0.462 e. The summed E-state index contributed by atoms with van der Waals surface area (Å²) in [6.45, 7) is 2.01. The van der Waals surface area contributed by atoms with Crippen LogP contribution in [0.5, 0.6) is 0 Å². The Bertz CT molecular complexity index is 1240. The average Bonchev–Trinajstić information content (AvgIpc) is 2.96. The van der Waals surface area contributed by atoms with E-state index >= 15 is 0 Å². The number of ether oxygens (including phenoxy) is 1. The number of carbonyl (C=O) groups excluding carboxylic acids is 3. The number of nitrogens with zero attached hydrogens (tertiary/aromatic N) is 2. The van der Waals surface area contributed by atoms with Gasteiger partial charge in [-0.05, 0) is 37.3 Å². The first-order chi connectivity index (χ1) is 16.5. The quantitative estimate of drug-likeness (QED) is 0.570. The van der Waals surface area contributed by atoms with E-state index < -0.39 is 18.2 Å². The van der Waals surface area contributed by atoms with Gasteiger partial charge in [0.25, 0.3) is 5.91 Å². The molecule has 1 aliphatic rings. The van der Waals surface area contributed by atoms with E-state index in [1.54, 1.807) is 38.2 Å². The highest BCUT2D eigenvalue weighted by molar-refractivity contribution is 6.20. The Kier molecular flexibility index (Phi) is 6.68. The maximum Gasteiger partial charge on any atom is 0.338 e. The molecule has 1 atom stereocenters. The standard InChI is InChI=1S/C26H24N4O4/c1-3-34-25(32)18-13-15-19(16-14-18)27-26(33)29-23-24(31)30(2)21-12-8-7-11-20(21)22(28-23)17-9-5-4-6-10-17/h4-16,23H,3H2,1-2H3,(H2,27,29,33). The monoisotopic (exact) mass is 456 g/mol. The number of esters is 1. The molecule has 3 amide bonds. The van der Waals surface area contributed by atoms with E-state index in [4.69, 9.17) is 4.74 Å². The Morgan fingerprint density at radius 2 is 1.65 bits per heavy atom. The van der Waals surface area contributed by atoms with Gasteiger partial charge in [0.15, 0.2) is 0 Å². The number of likely N-dealkylation sites (N-methyl/N-ethyl adjacent to an activating group) is 1. The van der Waals surface area contributed by atoms with Crippen molar-refractivity contribution in [1.82, 2.24) is 5.32 Å². The van der Waals surface area contributed by atoms with E-state index in [1.807, 2.05) is 54.6 Å². The van der Waals surface area contributed by atoms with Gasteiger partial charge in [-0.3, -0.25) is 4.79 Å². The third-order valence-electron chi connectivity index (χ3n) is 5.31. The molecule has 1 aliphatic heterocycles. The summed E-state index contributed by atoms with van der Waals surface area (Å²) in [7, 11) is 1.66. The molecular weight excluding hydrogens is 432 g/mol. The molecule has 8 heteroatoms. The van der Waals surface area contributed by atoms with Gasteiger partial charge in [0, 0.05) is 23.9 Å². The number of benzene rings is 3. The molecule has 34 heavy (non-hydrogen) atoms. The fourth-order valence-electron chi connectivity index (χ4n) is 3.64. The second-order valence-electron chi connectivity index (χ2n) is 7.56. The Morgan fingerprint density at radius 3 is 2.35 bits per heavy atom. The normalized spacial score (nSPS) is 15.0. The minimum Gasteiger partial charge on any atom is -0.462 e. The number of aliphatic imine (C=N–C) groups is 1. The molecule has 0 saturated heterocycles. The van der Waals surface area contributed by atoms with Crippen molar-refractivity contribution in [1.29, 1.82) is 0 Å². The molecule has 1 heterocycles. The molecular formula is C26H24N4O4. The first kappa shape index (κ1) is 22.7. The molecule has 0 fully saturated rings. The number of anilines is 2. The highest BCUT2D eigenvalue weighted by atomic mass is 16.5. The number of nitrogens with one attached hydrogen (secondary N) is 2. The second kappa shape index (κ2) is 9.99. The molecule has 4 rings (SSSR count). The van der Waals surface area contributed by atoms with E-state index in [2.05, 4.69) is 15.6 Å². The summed E-state index contributed by atoms with van der Waals surface area (Å²) in [4.78, 5) is 43.9. The van der Waals surface area contributed by atoms with Gasteiger partial charge in [0.05, 0.1) is 23.6 Å². The molecule has 2 N–H and O–H groups in total. The number of rotatable bonds is 5. The third kappa shape index (κ3) is 4.80. The SMILES string of the molecule is CCOC(=O)c1ccc(NC(=O)NC2N=C(c3ccccc3)c3ccccc3N(C)C2=O)cc1. The van der Waals surface area contributed by atoms with Crippen molar-refractivity contribution in [3.05, 3.63) is 95.6 Å². The van der Waals surface area contributed by atoms with Crippen LogP contribution in [0.1, 0.15) is 28.4 Å². The predicted molar refractivity (Wildman–Crippen MR) is 130 cm³/mol. The molecule has 3 aromatic carbocycles. The molecule has 0 aliphatic carbocycles. The van der Waals surface area contributed by atoms with E-state index in [0.717, 1.165) is 11.1 Å². The smallest absolute Gasteiger partial charge is 0.338 e. The number of amides is 3. The predicted octanol–water partition coefficient (Wildman–Crippen LogP) is 3.82. The van der Waals surface area contributed by atoms with Crippen LogP contribution in [0, 0.1) is 0 Å². The van der Waals surface area contributed by atoms with Gasteiger partial charge in [-0.25, -0.2) is 14.6 Å². The molecule has 172 valence electrons. The van der Waals surface area contributed by atoms with Crippen molar-refractivity contribution >= 4 is 35.0 Å². The van der Waals surface area contributed by atoms with Crippen molar-refractivity contribution in [2.24, 2.45) is 4.99 Å². The van der Waals surface area contributed by atoms with Crippen molar-refractivity contribution in [2.45, 2.75) is 13.1 Å². The summed E-state index contributed by atoms with van der Waals surface area (Å²) in [6.07, 6.45) is -1.13.